The van der Waals surface area contributed by atoms with Gasteiger partial charge in [-0.15, -0.1) is 0 Å². The Bertz CT molecular complexity index is 578. The second kappa shape index (κ2) is 6.21. The van der Waals surface area contributed by atoms with Crippen molar-refractivity contribution >= 4 is 5.91 Å². The van der Waals surface area contributed by atoms with Crippen LogP contribution in [0.25, 0.3) is 0 Å². The zero-order valence-electron chi connectivity index (χ0n) is 11.2. The molecule has 1 heterocycles. The number of aromatic hydroxyl groups is 1. The Morgan fingerprint density at radius 3 is 2.75 bits per heavy atom. The van der Waals surface area contributed by atoms with Crippen LogP contribution in [-0.4, -0.2) is 22.2 Å². The number of amides is 1. The second-order valence-corrected chi connectivity index (χ2v) is 4.63. The summed E-state index contributed by atoms with van der Waals surface area (Å²) in [5.41, 5.74) is 7.49. The molecule has 0 bridgehead atoms. The molecule has 106 valence electrons. The highest BCUT2D eigenvalue weighted by atomic mass is 16.5. The first-order chi connectivity index (χ1) is 9.54. The van der Waals surface area contributed by atoms with Crippen molar-refractivity contribution in [2.75, 3.05) is 0 Å². The molecule has 0 aliphatic carbocycles. The molecule has 0 fully saturated rings. The number of hydrogen-bond acceptors (Lipinski definition) is 5. The number of phenolic OH excluding ortho intramolecular Hbond substituents is 1. The fourth-order valence-electron chi connectivity index (χ4n) is 1.78. The van der Waals surface area contributed by atoms with Crippen molar-refractivity contribution in [2.45, 2.75) is 25.9 Å². The highest BCUT2D eigenvalue weighted by molar-refractivity contribution is 5.81. The molecule has 0 unspecified atom stereocenters. The van der Waals surface area contributed by atoms with E-state index in [9.17, 15) is 9.90 Å². The number of phenols is 1. The smallest absolute Gasteiger partial charge is 0.237 e. The van der Waals surface area contributed by atoms with Crippen LogP contribution in [0.3, 0.4) is 0 Å². The first kappa shape index (κ1) is 14.1. The van der Waals surface area contributed by atoms with Crippen molar-refractivity contribution in [3.05, 3.63) is 47.3 Å². The van der Waals surface area contributed by atoms with Gasteiger partial charge in [-0.05, 0) is 31.0 Å². The van der Waals surface area contributed by atoms with Gasteiger partial charge in [-0.1, -0.05) is 17.3 Å². The topological polar surface area (TPSA) is 101 Å². The van der Waals surface area contributed by atoms with Crippen LogP contribution in [0.15, 0.2) is 34.9 Å². The Labute approximate surface area is 116 Å². The lowest BCUT2D eigenvalue weighted by atomic mass is 10.1. The van der Waals surface area contributed by atoms with E-state index in [0.29, 0.717) is 12.2 Å². The average molecular weight is 275 g/mol. The predicted octanol–water partition coefficient (Wildman–Crippen LogP) is 0.875. The van der Waals surface area contributed by atoms with Crippen LogP contribution in [0.1, 0.15) is 17.0 Å². The normalized spacial score (nSPS) is 12.1. The zero-order valence-corrected chi connectivity index (χ0v) is 11.2. The third kappa shape index (κ3) is 3.83. The van der Waals surface area contributed by atoms with E-state index in [2.05, 4.69) is 10.5 Å². The third-order valence-corrected chi connectivity index (χ3v) is 2.84. The molecule has 1 amide bonds. The Balaban J connectivity index is 1.84. The van der Waals surface area contributed by atoms with Gasteiger partial charge in [-0.3, -0.25) is 4.79 Å². The Morgan fingerprint density at radius 1 is 1.45 bits per heavy atom. The molecule has 6 heteroatoms. The van der Waals surface area contributed by atoms with Crippen LogP contribution in [0.5, 0.6) is 5.75 Å². The lowest BCUT2D eigenvalue weighted by molar-refractivity contribution is -0.122. The monoisotopic (exact) mass is 275 g/mol. The SMILES string of the molecule is Cc1cc(CNC(=O)[C@@H](N)Cc2ccc(O)cc2)on1. The van der Waals surface area contributed by atoms with Crippen molar-refractivity contribution in [1.82, 2.24) is 10.5 Å². The van der Waals surface area contributed by atoms with Gasteiger partial charge in [0.1, 0.15) is 5.75 Å². The van der Waals surface area contributed by atoms with Gasteiger partial charge in [-0.2, -0.15) is 0 Å². The number of carbonyl (C=O) groups is 1. The summed E-state index contributed by atoms with van der Waals surface area (Å²) in [6.45, 7) is 2.08. The van der Waals surface area contributed by atoms with Crippen LogP contribution in [0.4, 0.5) is 0 Å². The van der Waals surface area contributed by atoms with Gasteiger partial charge in [0.15, 0.2) is 5.76 Å². The van der Waals surface area contributed by atoms with Gasteiger partial charge in [0.2, 0.25) is 5.91 Å². The Morgan fingerprint density at radius 2 is 2.15 bits per heavy atom. The fourth-order valence-corrected chi connectivity index (χ4v) is 1.78. The quantitative estimate of drug-likeness (QED) is 0.751. The van der Waals surface area contributed by atoms with E-state index in [1.54, 1.807) is 30.3 Å². The molecular formula is C14H17N3O3. The van der Waals surface area contributed by atoms with Gasteiger partial charge in [0.05, 0.1) is 18.3 Å². The summed E-state index contributed by atoms with van der Waals surface area (Å²) in [6, 6.07) is 7.72. The molecule has 0 saturated carbocycles. The number of nitrogens with zero attached hydrogens (tertiary/aromatic N) is 1. The minimum absolute atomic E-state index is 0.187. The maximum atomic E-state index is 11.8. The lowest BCUT2D eigenvalue weighted by Gasteiger charge is -2.11. The van der Waals surface area contributed by atoms with Crippen LogP contribution in [0, 0.1) is 6.92 Å². The molecule has 1 aromatic heterocycles. The Hall–Kier alpha value is -2.34. The fraction of sp³-hybridized carbons (Fsp3) is 0.286. The van der Waals surface area contributed by atoms with Crippen molar-refractivity contribution in [1.29, 1.82) is 0 Å². The second-order valence-electron chi connectivity index (χ2n) is 4.63. The number of carbonyl (C=O) groups excluding carboxylic acids is 1. The van der Waals surface area contributed by atoms with Gasteiger partial charge >= 0.3 is 0 Å². The number of rotatable bonds is 5. The van der Waals surface area contributed by atoms with Gasteiger partial charge in [0, 0.05) is 6.07 Å². The maximum Gasteiger partial charge on any atom is 0.237 e. The number of aryl methyl sites for hydroxylation is 1. The minimum atomic E-state index is -0.649. The van der Waals surface area contributed by atoms with Crippen molar-refractivity contribution in [3.63, 3.8) is 0 Å². The van der Waals surface area contributed by atoms with E-state index in [1.807, 2.05) is 6.92 Å². The number of aromatic nitrogens is 1. The van der Waals surface area contributed by atoms with E-state index >= 15 is 0 Å². The maximum absolute atomic E-state index is 11.8. The first-order valence-corrected chi connectivity index (χ1v) is 6.28. The molecule has 2 rings (SSSR count). The summed E-state index contributed by atoms with van der Waals surface area (Å²) in [4.78, 5) is 11.8. The van der Waals surface area contributed by atoms with Gasteiger partial charge < -0.3 is 20.7 Å². The summed E-state index contributed by atoms with van der Waals surface area (Å²) in [7, 11) is 0. The number of benzene rings is 1. The van der Waals surface area contributed by atoms with E-state index in [0.717, 1.165) is 11.3 Å². The van der Waals surface area contributed by atoms with E-state index in [1.165, 1.54) is 0 Å². The molecule has 4 N–H and O–H groups in total. The molecule has 0 spiro atoms. The standard InChI is InChI=1S/C14H17N3O3/c1-9-6-12(20-17-9)8-16-14(19)13(15)7-10-2-4-11(18)5-3-10/h2-6,13,18H,7-8,15H2,1H3,(H,16,19)/t13-/m0/s1. The summed E-state index contributed by atoms with van der Waals surface area (Å²) in [6.07, 6.45) is 0.404. The molecule has 0 saturated heterocycles. The minimum Gasteiger partial charge on any atom is -0.508 e. The van der Waals surface area contributed by atoms with Crippen LogP contribution < -0.4 is 11.1 Å². The molecular weight excluding hydrogens is 258 g/mol. The molecule has 0 radical (unpaired) electrons. The largest absolute Gasteiger partial charge is 0.508 e. The summed E-state index contributed by atoms with van der Waals surface area (Å²) < 4.78 is 4.99. The highest BCUT2D eigenvalue weighted by Gasteiger charge is 2.14. The molecule has 0 aliphatic heterocycles. The van der Waals surface area contributed by atoms with Crippen LogP contribution in [0.2, 0.25) is 0 Å². The lowest BCUT2D eigenvalue weighted by Crippen LogP contribution is -2.41. The zero-order chi connectivity index (χ0) is 14.5. The van der Waals surface area contributed by atoms with Gasteiger partial charge in [0.25, 0.3) is 0 Å². The molecule has 0 aliphatic rings. The number of hydrogen-bond donors (Lipinski definition) is 3. The summed E-state index contributed by atoms with van der Waals surface area (Å²) in [5, 5.41) is 15.6. The van der Waals surface area contributed by atoms with Crippen molar-refractivity contribution in [2.24, 2.45) is 5.73 Å². The summed E-state index contributed by atoms with van der Waals surface area (Å²) >= 11 is 0. The van der Waals surface area contributed by atoms with Crippen molar-refractivity contribution in [3.8, 4) is 5.75 Å². The van der Waals surface area contributed by atoms with Crippen LogP contribution >= 0.6 is 0 Å². The van der Waals surface area contributed by atoms with E-state index < -0.39 is 6.04 Å². The van der Waals surface area contributed by atoms with E-state index in [-0.39, 0.29) is 18.2 Å². The van der Waals surface area contributed by atoms with E-state index in [4.69, 9.17) is 10.3 Å². The predicted molar refractivity (Wildman–Crippen MR) is 72.9 cm³/mol. The molecule has 1 atom stereocenters. The first-order valence-electron chi connectivity index (χ1n) is 6.28. The number of nitrogens with one attached hydrogen (secondary N) is 1. The molecule has 20 heavy (non-hydrogen) atoms. The summed E-state index contributed by atoms with van der Waals surface area (Å²) in [5.74, 6) is 0.521. The van der Waals surface area contributed by atoms with Gasteiger partial charge in [-0.25, -0.2) is 0 Å². The highest BCUT2D eigenvalue weighted by Crippen LogP contribution is 2.11. The molecule has 2 aromatic rings. The van der Waals surface area contributed by atoms with Crippen molar-refractivity contribution < 1.29 is 14.4 Å². The molecule has 1 aromatic carbocycles. The molecule has 6 nitrogen and oxygen atoms in total. The Kier molecular flexibility index (Phi) is 4.37. The number of nitrogens with two attached hydrogens (primary N) is 1. The third-order valence-electron chi connectivity index (χ3n) is 2.84. The average Bonchev–Trinajstić information content (AvgIpc) is 2.84. The van der Waals surface area contributed by atoms with Crippen LogP contribution in [-0.2, 0) is 17.8 Å².